The van der Waals surface area contributed by atoms with Gasteiger partial charge in [0.2, 0.25) is 0 Å². The Bertz CT molecular complexity index is 803. The molecule has 0 radical (unpaired) electrons. The molecule has 1 aromatic heterocycles. The number of anilines is 1. The third-order valence-corrected chi connectivity index (χ3v) is 4.16. The number of benzene rings is 1. The second-order valence-electron chi connectivity index (χ2n) is 6.10. The molecule has 1 aromatic carbocycles. The lowest BCUT2D eigenvalue weighted by atomic mass is 10.1. The highest BCUT2D eigenvalue weighted by atomic mass is 35.5. The van der Waals surface area contributed by atoms with Crippen molar-refractivity contribution in [2.75, 3.05) is 31.8 Å². The van der Waals surface area contributed by atoms with E-state index in [0.717, 1.165) is 23.3 Å². The normalized spacial score (nSPS) is 11.4. The summed E-state index contributed by atoms with van der Waals surface area (Å²) in [6.07, 6.45) is -3.81. The summed E-state index contributed by atoms with van der Waals surface area (Å²) >= 11 is 5.98. The van der Waals surface area contributed by atoms with E-state index in [1.165, 1.54) is 12.0 Å². The van der Waals surface area contributed by atoms with Gasteiger partial charge < -0.3 is 9.47 Å². The first-order chi connectivity index (χ1) is 13.1. The zero-order valence-electron chi connectivity index (χ0n) is 15.6. The lowest BCUT2D eigenvalue weighted by Gasteiger charge is -2.22. The number of methoxy groups -OCH3 is 1. The van der Waals surface area contributed by atoms with Crippen LogP contribution >= 0.6 is 11.6 Å². The quantitative estimate of drug-likeness (QED) is 0.670. The predicted molar refractivity (Wildman–Crippen MR) is 99.9 cm³/mol. The number of rotatable bonds is 7. The zero-order chi connectivity index (χ0) is 20.9. The van der Waals surface area contributed by atoms with Crippen LogP contribution in [-0.2, 0) is 15.7 Å². The van der Waals surface area contributed by atoms with Crippen LogP contribution in [0.15, 0.2) is 30.5 Å². The fourth-order valence-corrected chi connectivity index (χ4v) is 2.93. The molecule has 0 unspecified atom stereocenters. The molecule has 0 saturated carbocycles. The van der Waals surface area contributed by atoms with Gasteiger partial charge in [0, 0.05) is 18.3 Å². The number of halogens is 4. The molecule has 9 heteroatoms. The predicted octanol–water partition coefficient (Wildman–Crippen LogP) is 4.43. The van der Waals surface area contributed by atoms with E-state index in [0.29, 0.717) is 17.0 Å². The van der Waals surface area contributed by atoms with Crippen molar-refractivity contribution in [1.82, 2.24) is 4.98 Å². The Labute approximate surface area is 166 Å². The van der Waals surface area contributed by atoms with Gasteiger partial charge in [-0.3, -0.25) is 9.69 Å². The molecule has 2 rings (SSSR count). The number of aryl methyl sites for hydroxylation is 2. The molecule has 152 valence electrons. The standard InChI is InChI=1S/C19H20ClF3N2O3/c1-12-8-15(20)9-13(2)18(12)28-11-17(26)25(6-7-27-3)16-5-4-14(10-24-16)19(21,22)23/h4-5,8-10H,6-7,11H2,1-3H3. The highest BCUT2D eigenvalue weighted by Gasteiger charge is 2.31. The van der Waals surface area contributed by atoms with Gasteiger partial charge in [0.1, 0.15) is 11.6 Å². The summed E-state index contributed by atoms with van der Waals surface area (Å²) < 4.78 is 48.8. The van der Waals surface area contributed by atoms with Crippen LogP contribution in [0, 0.1) is 13.8 Å². The smallest absolute Gasteiger partial charge is 0.417 e. The van der Waals surface area contributed by atoms with Crippen LogP contribution in [-0.4, -0.2) is 37.8 Å². The number of carbonyl (C=O) groups is 1. The number of amides is 1. The molecule has 0 aliphatic rings. The summed E-state index contributed by atoms with van der Waals surface area (Å²) in [4.78, 5) is 17.7. The van der Waals surface area contributed by atoms with E-state index in [4.69, 9.17) is 21.1 Å². The van der Waals surface area contributed by atoms with E-state index in [2.05, 4.69) is 4.98 Å². The van der Waals surface area contributed by atoms with Gasteiger partial charge in [0.25, 0.3) is 5.91 Å². The summed E-state index contributed by atoms with van der Waals surface area (Å²) in [5.41, 5.74) is 0.654. The van der Waals surface area contributed by atoms with Crippen molar-refractivity contribution < 1.29 is 27.4 Å². The molecule has 1 heterocycles. The SMILES string of the molecule is COCCN(C(=O)COc1c(C)cc(Cl)cc1C)c1ccc(C(F)(F)F)cn1. The van der Waals surface area contributed by atoms with Gasteiger partial charge >= 0.3 is 6.18 Å². The minimum atomic E-state index is -4.50. The highest BCUT2D eigenvalue weighted by Crippen LogP contribution is 2.30. The lowest BCUT2D eigenvalue weighted by molar-refractivity contribution is -0.137. The van der Waals surface area contributed by atoms with Crippen LogP contribution in [0.5, 0.6) is 5.75 Å². The van der Waals surface area contributed by atoms with Gasteiger partial charge in [-0.15, -0.1) is 0 Å². The topological polar surface area (TPSA) is 51.7 Å². The molecule has 0 aliphatic heterocycles. The fourth-order valence-electron chi connectivity index (χ4n) is 2.60. The Morgan fingerprint density at radius 1 is 1.21 bits per heavy atom. The number of pyridine rings is 1. The van der Waals surface area contributed by atoms with Crippen LogP contribution < -0.4 is 9.64 Å². The number of alkyl halides is 3. The van der Waals surface area contributed by atoms with E-state index in [1.807, 2.05) is 0 Å². The monoisotopic (exact) mass is 416 g/mol. The van der Waals surface area contributed by atoms with E-state index in [9.17, 15) is 18.0 Å². The molecule has 0 atom stereocenters. The maximum absolute atomic E-state index is 12.7. The van der Waals surface area contributed by atoms with Crippen molar-refractivity contribution in [3.63, 3.8) is 0 Å². The van der Waals surface area contributed by atoms with E-state index in [1.54, 1.807) is 26.0 Å². The molecule has 0 bridgehead atoms. The maximum atomic E-state index is 12.7. The summed E-state index contributed by atoms with van der Waals surface area (Å²) in [7, 11) is 1.46. The van der Waals surface area contributed by atoms with Crippen LogP contribution in [0.1, 0.15) is 16.7 Å². The third kappa shape index (κ3) is 5.59. The molecule has 28 heavy (non-hydrogen) atoms. The summed E-state index contributed by atoms with van der Waals surface area (Å²) in [6.45, 7) is 3.61. The van der Waals surface area contributed by atoms with Gasteiger partial charge in [0.15, 0.2) is 6.61 Å². The zero-order valence-corrected chi connectivity index (χ0v) is 16.4. The van der Waals surface area contributed by atoms with Gasteiger partial charge in [-0.2, -0.15) is 13.2 Å². The number of hydrogen-bond acceptors (Lipinski definition) is 4. The minimum Gasteiger partial charge on any atom is -0.483 e. The molecule has 5 nitrogen and oxygen atoms in total. The second kappa shape index (κ2) is 9.25. The molecular formula is C19H20ClF3N2O3. The average Bonchev–Trinajstić information content (AvgIpc) is 2.60. The van der Waals surface area contributed by atoms with Crippen LogP contribution in [0.25, 0.3) is 0 Å². The molecule has 0 aliphatic carbocycles. The van der Waals surface area contributed by atoms with Gasteiger partial charge in [-0.25, -0.2) is 4.98 Å². The number of carbonyl (C=O) groups excluding carboxylic acids is 1. The largest absolute Gasteiger partial charge is 0.483 e. The van der Waals surface area contributed by atoms with E-state index >= 15 is 0 Å². The minimum absolute atomic E-state index is 0.0863. The van der Waals surface area contributed by atoms with Crippen molar-refractivity contribution >= 4 is 23.3 Å². The number of hydrogen-bond donors (Lipinski definition) is 0. The Hall–Kier alpha value is -2.32. The Morgan fingerprint density at radius 2 is 1.86 bits per heavy atom. The van der Waals surface area contributed by atoms with Crippen molar-refractivity contribution in [3.8, 4) is 5.75 Å². The number of aromatic nitrogens is 1. The Balaban J connectivity index is 2.17. The summed E-state index contributed by atoms with van der Waals surface area (Å²) in [5, 5.41) is 0.560. The molecule has 1 amide bonds. The van der Waals surface area contributed by atoms with Crippen LogP contribution in [0.4, 0.5) is 19.0 Å². The van der Waals surface area contributed by atoms with Crippen molar-refractivity contribution in [3.05, 3.63) is 52.2 Å². The highest BCUT2D eigenvalue weighted by molar-refractivity contribution is 6.30. The Morgan fingerprint density at radius 3 is 2.36 bits per heavy atom. The van der Waals surface area contributed by atoms with Crippen LogP contribution in [0.2, 0.25) is 5.02 Å². The lowest BCUT2D eigenvalue weighted by Crippen LogP contribution is -2.38. The van der Waals surface area contributed by atoms with Crippen molar-refractivity contribution in [2.45, 2.75) is 20.0 Å². The molecule has 2 aromatic rings. The molecule has 0 saturated heterocycles. The Kier molecular flexibility index (Phi) is 7.26. The van der Waals surface area contributed by atoms with Crippen LogP contribution in [0.3, 0.4) is 0 Å². The molecule has 0 spiro atoms. The molecule has 0 N–H and O–H groups in total. The number of nitrogens with zero attached hydrogens (tertiary/aromatic N) is 2. The fraction of sp³-hybridized carbons (Fsp3) is 0.368. The van der Waals surface area contributed by atoms with Gasteiger partial charge in [-0.1, -0.05) is 11.6 Å². The van der Waals surface area contributed by atoms with E-state index in [-0.39, 0.29) is 25.6 Å². The first kappa shape index (κ1) is 22.0. The second-order valence-corrected chi connectivity index (χ2v) is 6.53. The average molecular weight is 417 g/mol. The molecular weight excluding hydrogens is 397 g/mol. The summed E-state index contributed by atoms with van der Waals surface area (Å²) in [5.74, 6) is 0.158. The third-order valence-electron chi connectivity index (χ3n) is 3.94. The summed E-state index contributed by atoms with van der Waals surface area (Å²) in [6, 6.07) is 5.46. The van der Waals surface area contributed by atoms with Gasteiger partial charge in [0.05, 0.1) is 18.7 Å². The van der Waals surface area contributed by atoms with Gasteiger partial charge in [-0.05, 0) is 49.2 Å². The first-order valence-electron chi connectivity index (χ1n) is 8.35. The maximum Gasteiger partial charge on any atom is 0.417 e. The van der Waals surface area contributed by atoms with Crippen molar-refractivity contribution in [2.24, 2.45) is 0 Å². The van der Waals surface area contributed by atoms with Crippen molar-refractivity contribution in [1.29, 1.82) is 0 Å². The molecule has 0 fully saturated rings. The first-order valence-corrected chi connectivity index (χ1v) is 8.73. The number of ether oxygens (including phenoxy) is 2. The van der Waals surface area contributed by atoms with E-state index < -0.39 is 17.6 Å².